The number of carboxylic acid groups (broad SMARTS) is 1. The van der Waals surface area contributed by atoms with Crippen LogP contribution in [0, 0.1) is 11.6 Å². The number of hydrogen-bond donors (Lipinski definition) is 1. The molecule has 2 aliphatic rings. The third-order valence-electron chi connectivity index (χ3n) is 6.23. The van der Waals surface area contributed by atoms with Crippen LogP contribution >= 0.6 is 11.6 Å². The highest BCUT2D eigenvalue weighted by Crippen LogP contribution is 2.48. The second-order valence-corrected chi connectivity index (χ2v) is 8.55. The summed E-state index contributed by atoms with van der Waals surface area (Å²) < 4.78 is 28.6. The molecule has 1 spiro atoms. The van der Waals surface area contributed by atoms with Crippen molar-refractivity contribution >= 4 is 29.2 Å². The number of hydrogen-bond acceptors (Lipinski definition) is 3. The fraction of sp³-hybridized carbons (Fsp3) is 0.304. The molecule has 0 aromatic heterocycles. The third kappa shape index (κ3) is 3.83. The van der Waals surface area contributed by atoms with Gasteiger partial charge in [0.05, 0.1) is 0 Å². The molecule has 0 aliphatic carbocycles. The maximum absolute atomic E-state index is 14.3. The number of fused-ring (bicyclic) bond motifs is 2. The number of carboxylic acids is 1. The van der Waals surface area contributed by atoms with Gasteiger partial charge in [0.2, 0.25) is 0 Å². The van der Waals surface area contributed by atoms with Crippen LogP contribution in [-0.2, 0) is 10.2 Å². The molecular formula is C23H21ClF2N2O3. The summed E-state index contributed by atoms with van der Waals surface area (Å²) in [6.07, 6.45) is 1.30. The molecule has 2 aromatic rings. The van der Waals surface area contributed by atoms with Crippen LogP contribution in [0.4, 0.5) is 14.5 Å². The Hall–Kier alpha value is -2.77. The predicted molar refractivity (Wildman–Crippen MR) is 114 cm³/mol. The maximum atomic E-state index is 14.3. The molecule has 0 atom stereocenters. The number of piperidine rings is 1. The summed E-state index contributed by atoms with van der Waals surface area (Å²) in [5, 5.41) is 9.60. The number of anilines is 1. The lowest BCUT2D eigenvalue weighted by Gasteiger charge is -2.40. The van der Waals surface area contributed by atoms with Gasteiger partial charge in [-0.05, 0) is 61.8 Å². The molecule has 1 saturated heterocycles. The molecule has 8 heteroatoms. The topological polar surface area (TPSA) is 60.9 Å². The molecule has 1 fully saturated rings. The Balaban J connectivity index is 1.64. The van der Waals surface area contributed by atoms with Crippen LogP contribution in [-0.4, -0.2) is 48.1 Å². The van der Waals surface area contributed by atoms with Gasteiger partial charge in [0.15, 0.2) is 0 Å². The van der Waals surface area contributed by atoms with Crippen molar-refractivity contribution in [1.82, 2.24) is 4.90 Å². The second kappa shape index (κ2) is 8.05. The van der Waals surface area contributed by atoms with Crippen molar-refractivity contribution in [2.75, 3.05) is 31.1 Å². The van der Waals surface area contributed by atoms with Crippen molar-refractivity contribution in [2.45, 2.75) is 18.3 Å². The van der Waals surface area contributed by atoms with Crippen molar-refractivity contribution in [3.05, 3.63) is 76.3 Å². The van der Waals surface area contributed by atoms with E-state index in [4.69, 9.17) is 16.7 Å². The maximum Gasteiger partial charge on any atom is 0.332 e. The molecule has 2 aliphatic heterocycles. The Morgan fingerprint density at radius 3 is 2.39 bits per heavy atom. The molecule has 4 rings (SSSR count). The van der Waals surface area contributed by atoms with Crippen molar-refractivity contribution in [3.8, 4) is 0 Å². The van der Waals surface area contributed by atoms with E-state index in [9.17, 15) is 18.4 Å². The zero-order chi connectivity index (χ0) is 22.3. The lowest BCUT2D eigenvalue weighted by atomic mass is 9.74. The number of halogens is 3. The minimum absolute atomic E-state index is 0.123. The number of amides is 1. The SMILES string of the molecule is C=C(CN1CCC2(CC1)CN(C(=O)c1c(F)cccc1F)c1ccc(Cl)cc12)C(=O)O. The summed E-state index contributed by atoms with van der Waals surface area (Å²) in [6, 6.07) is 8.54. The molecule has 1 amide bonds. The minimum atomic E-state index is -1.03. The first kappa shape index (κ1) is 21.5. The molecular weight excluding hydrogens is 426 g/mol. The lowest BCUT2D eigenvalue weighted by molar-refractivity contribution is -0.132. The van der Waals surface area contributed by atoms with E-state index in [0.717, 1.165) is 17.7 Å². The molecule has 162 valence electrons. The van der Waals surface area contributed by atoms with Crippen LogP contribution in [0.15, 0.2) is 48.6 Å². The monoisotopic (exact) mass is 446 g/mol. The number of carbonyl (C=O) groups excluding carboxylic acids is 1. The minimum Gasteiger partial charge on any atom is -0.478 e. The highest BCUT2D eigenvalue weighted by atomic mass is 35.5. The Labute approximate surface area is 183 Å². The number of likely N-dealkylation sites (tertiary alicyclic amines) is 1. The Kier molecular flexibility index (Phi) is 5.58. The summed E-state index contributed by atoms with van der Waals surface area (Å²) in [5.74, 6) is -3.55. The van der Waals surface area contributed by atoms with Crippen molar-refractivity contribution in [2.24, 2.45) is 0 Å². The first-order chi connectivity index (χ1) is 14.7. The molecule has 0 radical (unpaired) electrons. The van der Waals surface area contributed by atoms with E-state index in [1.54, 1.807) is 12.1 Å². The van der Waals surface area contributed by atoms with Crippen LogP contribution in [0.5, 0.6) is 0 Å². The van der Waals surface area contributed by atoms with Gasteiger partial charge in [-0.1, -0.05) is 24.2 Å². The number of carbonyl (C=O) groups is 2. The second-order valence-electron chi connectivity index (χ2n) is 8.11. The zero-order valence-electron chi connectivity index (χ0n) is 16.7. The summed E-state index contributed by atoms with van der Waals surface area (Å²) >= 11 is 6.24. The highest BCUT2D eigenvalue weighted by Gasteiger charge is 2.47. The average Bonchev–Trinajstić information content (AvgIpc) is 3.03. The van der Waals surface area contributed by atoms with Crippen LogP contribution in [0.25, 0.3) is 0 Å². The van der Waals surface area contributed by atoms with Gasteiger partial charge in [-0.15, -0.1) is 0 Å². The Bertz CT molecular complexity index is 1060. The van der Waals surface area contributed by atoms with E-state index >= 15 is 0 Å². The van der Waals surface area contributed by atoms with E-state index in [-0.39, 0.29) is 18.7 Å². The largest absolute Gasteiger partial charge is 0.478 e. The fourth-order valence-corrected chi connectivity index (χ4v) is 4.74. The van der Waals surface area contributed by atoms with E-state index in [1.165, 1.54) is 11.0 Å². The van der Waals surface area contributed by atoms with E-state index in [2.05, 4.69) is 6.58 Å². The van der Waals surface area contributed by atoms with Crippen molar-refractivity contribution < 1.29 is 23.5 Å². The lowest BCUT2D eigenvalue weighted by Crippen LogP contribution is -2.46. The average molecular weight is 447 g/mol. The molecule has 2 heterocycles. The first-order valence-corrected chi connectivity index (χ1v) is 10.3. The summed E-state index contributed by atoms with van der Waals surface area (Å²) in [5.41, 5.74) is 0.606. The van der Waals surface area contributed by atoms with Gasteiger partial charge >= 0.3 is 5.97 Å². The molecule has 0 bridgehead atoms. The van der Waals surface area contributed by atoms with Gasteiger partial charge in [0.1, 0.15) is 17.2 Å². The van der Waals surface area contributed by atoms with Gasteiger partial charge in [-0.25, -0.2) is 13.6 Å². The molecule has 0 unspecified atom stereocenters. The number of nitrogens with zero attached hydrogens (tertiary/aromatic N) is 2. The predicted octanol–water partition coefficient (Wildman–Crippen LogP) is 4.25. The Morgan fingerprint density at radius 1 is 1.13 bits per heavy atom. The van der Waals surface area contributed by atoms with Gasteiger partial charge < -0.3 is 10.0 Å². The van der Waals surface area contributed by atoms with Crippen LogP contribution < -0.4 is 4.90 Å². The Morgan fingerprint density at radius 2 is 1.77 bits per heavy atom. The summed E-state index contributed by atoms with van der Waals surface area (Å²) in [4.78, 5) is 27.7. The summed E-state index contributed by atoms with van der Waals surface area (Å²) in [6.45, 7) is 5.34. The van der Waals surface area contributed by atoms with Crippen molar-refractivity contribution in [3.63, 3.8) is 0 Å². The first-order valence-electron chi connectivity index (χ1n) is 9.91. The molecule has 5 nitrogen and oxygen atoms in total. The number of aliphatic carboxylic acids is 1. The van der Waals surface area contributed by atoms with Crippen molar-refractivity contribution in [1.29, 1.82) is 0 Å². The van der Waals surface area contributed by atoms with Crippen LogP contribution in [0.3, 0.4) is 0 Å². The normalized spacial score (nSPS) is 17.6. The quantitative estimate of drug-likeness (QED) is 0.713. The summed E-state index contributed by atoms with van der Waals surface area (Å²) in [7, 11) is 0. The highest BCUT2D eigenvalue weighted by molar-refractivity contribution is 6.30. The fourth-order valence-electron chi connectivity index (χ4n) is 4.56. The van der Waals surface area contributed by atoms with Crippen LogP contribution in [0.2, 0.25) is 5.02 Å². The van der Waals surface area contributed by atoms with E-state index in [0.29, 0.717) is 36.6 Å². The molecule has 1 N–H and O–H groups in total. The molecule has 2 aromatic carbocycles. The zero-order valence-corrected chi connectivity index (χ0v) is 17.5. The van der Waals surface area contributed by atoms with Gasteiger partial charge in [0, 0.05) is 34.8 Å². The third-order valence-corrected chi connectivity index (χ3v) is 6.47. The van der Waals surface area contributed by atoms with Gasteiger partial charge in [-0.3, -0.25) is 9.69 Å². The van der Waals surface area contributed by atoms with Gasteiger partial charge in [-0.2, -0.15) is 0 Å². The van der Waals surface area contributed by atoms with E-state index < -0.39 is 34.5 Å². The van der Waals surface area contributed by atoms with Crippen LogP contribution in [0.1, 0.15) is 28.8 Å². The number of benzene rings is 2. The van der Waals surface area contributed by atoms with Gasteiger partial charge in [0.25, 0.3) is 5.91 Å². The molecule has 31 heavy (non-hydrogen) atoms. The molecule has 0 saturated carbocycles. The smallest absolute Gasteiger partial charge is 0.332 e. The number of rotatable bonds is 4. The van der Waals surface area contributed by atoms with E-state index in [1.807, 2.05) is 11.0 Å². The standard InChI is InChI=1S/C23H21ClF2N2O3/c1-14(22(30)31)12-27-9-7-23(8-10-27)13-28(19-6-5-15(24)11-16(19)23)21(29)20-17(25)3-2-4-18(20)26/h2-6,11H,1,7-10,12-13H2,(H,30,31).